The third kappa shape index (κ3) is 1.87. The van der Waals surface area contributed by atoms with Gasteiger partial charge in [-0.2, -0.15) is 5.26 Å². The van der Waals surface area contributed by atoms with Gasteiger partial charge in [-0.25, -0.2) is 4.79 Å². The summed E-state index contributed by atoms with van der Waals surface area (Å²) in [7, 11) is 0. The Hall–Kier alpha value is -1.24. The van der Waals surface area contributed by atoms with E-state index >= 15 is 0 Å². The van der Waals surface area contributed by atoms with E-state index in [0.29, 0.717) is 6.42 Å². The highest BCUT2D eigenvalue weighted by molar-refractivity contribution is 5.69. The van der Waals surface area contributed by atoms with Gasteiger partial charge in [0, 0.05) is 12.0 Å². The molecule has 3 saturated carbocycles. The number of ether oxygens (including phenoxy) is 1. The van der Waals surface area contributed by atoms with Crippen LogP contribution >= 0.6 is 0 Å². The van der Waals surface area contributed by atoms with Crippen molar-refractivity contribution in [1.82, 2.24) is 5.32 Å². The maximum absolute atomic E-state index is 11.6. The number of carbonyl (C=O) groups excluding carboxylic acids is 1. The van der Waals surface area contributed by atoms with Crippen LogP contribution in [0.2, 0.25) is 0 Å². The van der Waals surface area contributed by atoms with Crippen molar-refractivity contribution in [2.24, 2.45) is 5.41 Å². The van der Waals surface area contributed by atoms with Crippen LogP contribution in [0, 0.1) is 16.7 Å². The quantitative estimate of drug-likeness (QED) is 0.780. The van der Waals surface area contributed by atoms with E-state index in [1.807, 2.05) is 20.8 Å². The highest BCUT2D eigenvalue weighted by Gasteiger charge is 2.68. The van der Waals surface area contributed by atoms with Gasteiger partial charge in [0.05, 0.1) is 6.07 Å². The molecule has 0 aromatic carbocycles. The van der Waals surface area contributed by atoms with E-state index in [4.69, 9.17) is 10.00 Å². The van der Waals surface area contributed by atoms with Crippen LogP contribution in [-0.2, 0) is 4.74 Å². The molecule has 0 unspecified atom stereocenters. The average molecular weight is 222 g/mol. The van der Waals surface area contributed by atoms with Crippen molar-refractivity contribution in [2.75, 3.05) is 0 Å². The second-order valence-electron chi connectivity index (χ2n) is 6.27. The van der Waals surface area contributed by atoms with Crippen LogP contribution in [-0.4, -0.2) is 17.2 Å². The molecule has 1 N–H and O–H groups in total. The molecule has 1 amide bonds. The number of nitriles is 1. The lowest BCUT2D eigenvalue weighted by molar-refractivity contribution is -0.147. The van der Waals surface area contributed by atoms with Crippen molar-refractivity contribution < 1.29 is 9.53 Å². The molecule has 4 heteroatoms. The lowest BCUT2D eigenvalue weighted by Crippen LogP contribution is -2.74. The number of hydrogen-bond donors (Lipinski definition) is 1. The fourth-order valence-corrected chi connectivity index (χ4v) is 3.01. The first-order valence-corrected chi connectivity index (χ1v) is 5.66. The topological polar surface area (TPSA) is 62.1 Å². The van der Waals surface area contributed by atoms with Crippen molar-refractivity contribution in [3.8, 4) is 6.07 Å². The number of carbonyl (C=O) groups is 1. The largest absolute Gasteiger partial charge is 0.444 e. The smallest absolute Gasteiger partial charge is 0.408 e. The fourth-order valence-electron chi connectivity index (χ4n) is 3.01. The molecule has 0 spiro atoms. The van der Waals surface area contributed by atoms with Crippen LogP contribution in [0.25, 0.3) is 0 Å². The molecular weight excluding hydrogens is 204 g/mol. The Morgan fingerprint density at radius 3 is 2.44 bits per heavy atom. The van der Waals surface area contributed by atoms with E-state index in [1.54, 1.807) is 0 Å². The molecule has 3 aliphatic carbocycles. The molecule has 16 heavy (non-hydrogen) atoms. The van der Waals surface area contributed by atoms with Crippen molar-refractivity contribution in [3.63, 3.8) is 0 Å². The SMILES string of the molecule is CC(C)(C)OC(=O)NC12CC(CC#N)(C1)C2. The molecule has 0 radical (unpaired) electrons. The Labute approximate surface area is 96.0 Å². The van der Waals surface area contributed by atoms with Gasteiger partial charge in [0.15, 0.2) is 0 Å². The summed E-state index contributed by atoms with van der Waals surface area (Å²) in [5.74, 6) is 0. The third-order valence-corrected chi connectivity index (χ3v) is 3.36. The molecule has 0 aromatic rings. The monoisotopic (exact) mass is 222 g/mol. The number of alkyl carbamates (subject to hydrolysis) is 1. The first-order valence-electron chi connectivity index (χ1n) is 5.66. The van der Waals surface area contributed by atoms with Crippen molar-refractivity contribution in [2.45, 2.75) is 57.6 Å². The summed E-state index contributed by atoms with van der Waals surface area (Å²) in [5, 5.41) is 11.6. The minimum absolute atomic E-state index is 0.0564. The summed E-state index contributed by atoms with van der Waals surface area (Å²) in [5.41, 5.74) is -0.291. The van der Waals surface area contributed by atoms with Gasteiger partial charge in [-0.3, -0.25) is 0 Å². The summed E-state index contributed by atoms with van der Waals surface area (Å²) in [6, 6.07) is 2.21. The summed E-state index contributed by atoms with van der Waals surface area (Å²) in [6.45, 7) is 5.56. The van der Waals surface area contributed by atoms with Crippen LogP contribution < -0.4 is 5.32 Å². The second-order valence-corrected chi connectivity index (χ2v) is 6.27. The predicted octanol–water partition coefficient (Wildman–Crippen LogP) is 2.35. The van der Waals surface area contributed by atoms with E-state index in [2.05, 4.69) is 11.4 Å². The van der Waals surface area contributed by atoms with Crippen LogP contribution in [0.5, 0.6) is 0 Å². The Morgan fingerprint density at radius 1 is 1.44 bits per heavy atom. The number of hydrogen-bond acceptors (Lipinski definition) is 3. The normalized spacial score (nSPS) is 35.4. The standard InChI is InChI=1S/C12H18N2O2/c1-10(2,3)16-9(15)14-12-6-11(7-12,8-12)4-5-13/h4,6-8H2,1-3H3,(H,14,15). The lowest BCUT2D eigenvalue weighted by atomic mass is 9.38. The summed E-state index contributed by atoms with van der Waals surface area (Å²) >= 11 is 0. The molecule has 0 atom stereocenters. The van der Waals surface area contributed by atoms with Gasteiger partial charge in [0.1, 0.15) is 5.60 Å². The maximum atomic E-state index is 11.6. The Bertz CT molecular complexity index is 342. The maximum Gasteiger partial charge on any atom is 0.408 e. The molecule has 0 aliphatic heterocycles. The van der Waals surface area contributed by atoms with Gasteiger partial charge in [0.2, 0.25) is 0 Å². The van der Waals surface area contributed by atoms with Crippen LogP contribution in [0.3, 0.4) is 0 Å². The Morgan fingerprint density at radius 2 is 2.00 bits per heavy atom. The van der Waals surface area contributed by atoms with Gasteiger partial charge >= 0.3 is 6.09 Å². The summed E-state index contributed by atoms with van der Waals surface area (Å²) < 4.78 is 5.21. The lowest BCUT2D eigenvalue weighted by Gasteiger charge is -2.69. The van der Waals surface area contributed by atoms with E-state index in [0.717, 1.165) is 19.3 Å². The number of rotatable bonds is 2. The second kappa shape index (κ2) is 3.13. The van der Waals surface area contributed by atoms with E-state index in [-0.39, 0.29) is 17.0 Å². The molecular formula is C12H18N2O2. The fraction of sp³-hybridized carbons (Fsp3) is 0.833. The molecule has 3 aliphatic rings. The zero-order chi connectivity index (χ0) is 12.0. The Kier molecular flexibility index (Phi) is 2.20. The zero-order valence-electron chi connectivity index (χ0n) is 10.1. The van der Waals surface area contributed by atoms with Gasteiger partial charge in [0.25, 0.3) is 0 Å². The van der Waals surface area contributed by atoms with Crippen molar-refractivity contribution in [3.05, 3.63) is 0 Å². The van der Waals surface area contributed by atoms with Crippen LogP contribution in [0.4, 0.5) is 4.79 Å². The molecule has 4 nitrogen and oxygen atoms in total. The highest BCUT2D eigenvalue weighted by Crippen LogP contribution is 2.68. The highest BCUT2D eigenvalue weighted by atomic mass is 16.6. The predicted molar refractivity (Wildman–Crippen MR) is 58.6 cm³/mol. The molecule has 0 saturated heterocycles. The van der Waals surface area contributed by atoms with Crippen molar-refractivity contribution >= 4 is 6.09 Å². The third-order valence-electron chi connectivity index (χ3n) is 3.36. The molecule has 0 aromatic heterocycles. The van der Waals surface area contributed by atoms with E-state index in [1.165, 1.54) is 0 Å². The molecule has 88 valence electrons. The van der Waals surface area contributed by atoms with Gasteiger partial charge < -0.3 is 10.1 Å². The van der Waals surface area contributed by atoms with Crippen LogP contribution in [0.1, 0.15) is 46.5 Å². The molecule has 0 heterocycles. The number of amides is 1. The molecule has 2 bridgehead atoms. The summed E-state index contributed by atoms with van der Waals surface area (Å²) in [4.78, 5) is 11.6. The first-order chi connectivity index (χ1) is 7.28. The van der Waals surface area contributed by atoms with Gasteiger partial charge in [-0.15, -0.1) is 0 Å². The van der Waals surface area contributed by atoms with E-state index in [9.17, 15) is 4.79 Å². The van der Waals surface area contributed by atoms with E-state index < -0.39 is 5.60 Å². The average Bonchev–Trinajstić information content (AvgIpc) is 1.94. The minimum Gasteiger partial charge on any atom is -0.444 e. The number of nitrogens with zero attached hydrogens (tertiary/aromatic N) is 1. The molecule has 3 fully saturated rings. The first kappa shape index (κ1) is 11.3. The van der Waals surface area contributed by atoms with Crippen molar-refractivity contribution in [1.29, 1.82) is 5.26 Å². The molecule has 3 rings (SSSR count). The minimum atomic E-state index is -0.446. The Balaban J connectivity index is 1.79. The summed E-state index contributed by atoms with van der Waals surface area (Å²) in [6.07, 6.45) is 3.09. The zero-order valence-corrected chi connectivity index (χ0v) is 10.1. The van der Waals surface area contributed by atoms with Crippen LogP contribution in [0.15, 0.2) is 0 Å². The van der Waals surface area contributed by atoms with Gasteiger partial charge in [-0.05, 0) is 45.4 Å². The number of nitrogens with one attached hydrogen (secondary N) is 1. The van der Waals surface area contributed by atoms with Gasteiger partial charge in [-0.1, -0.05) is 0 Å².